The molecule has 3 heteroatoms. The van der Waals surface area contributed by atoms with E-state index in [2.05, 4.69) is 0 Å². The van der Waals surface area contributed by atoms with Gasteiger partial charge in [-0.3, -0.25) is 0 Å². The Morgan fingerprint density at radius 3 is 2.92 bits per heavy atom. The average Bonchev–Trinajstić information content (AvgIpc) is 2.03. The highest BCUT2D eigenvalue weighted by Gasteiger charge is 1.99. The summed E-state index contributed by atoms with van der Waals surface area (Å²) in [5, 5.41) is 9.07. The monoisotopic (exact) mass is 184 g/mol. The molecule has 0 aliphatic carbocycles. The molecule has 13 heavy (non-hydrogen) atoms. The maximum Gasteiger partial charge on any atom is 0.122 e. The first-order valence-electron chi connectivity index (χ1n) is 4.24. The Labute approximate surface area is 77.0 Å². The third-order valence-corrected chi connectivity index (χ3v) is 1.60. The normalized spacial score (nSPS) is 12.5. The Morgan fingerprint density at radius 2 is 2.31 bits per heavy atom. The van der Waals surface area contributed by atoms with Crippen LogP contribution in [-0.4, -0.2) is 17.9 Å². The lowest BCUT2D eigenvalue weighted by Crippen LogP contribution is -2.03. The molecule has 1 unspecified atom stereocenters. The molecule has 0 amide bonds. The summed E-state index contributed by atoms with van der Waals surface area (Å²) in [7, 11) is 0. The van der Waals surface area contributed by atoms with Crippen LogP contribution in [0.3, 0.4) is 0 Å². The first kappa shape index (κ1) is 9.84. The Morgan fingerprint density at radius 1 is 1.54 bits per heavy atom. The van der Waals surface area contributed by atoms with Crippen LogP contribution in [0, 0.1) is 0 Å². The van der Waals surface area contributed by atoms with Gasteiger partial charge in [-0.25, -0.2) is 4.39 Å². The smallest absolute Gasteiger partial charge is 0.122 e. The lowest BCUT2D eigenvalue weighted by atomic mass is 10.3. The highest BCUT2D eigenvalue weighted by atomic mass is 19.1. The lowest BCUT2D eigenvalue weighted by Gasteiger charge is -2.06. The highest BCUT2D eigenvalue weighted by molar-refractivity contribution is 5.31. The second-order valence-electron chi connectivity index (χ2n) is 2.92. The van der Waals surface area contributed by atoms with E-state index in [1.165, 1.54) is 13.0 Å². The van der Waals surface area contributed by atoms with Crippen LogP contribution in [0.15, 0.2) is 24.3 Å². The van der Waals surface area contributed by atoms with E-state index in [0.29, 0.717) is 18.8 Å². The summed E-state index contributed by atoms with van der Waals surface area (Å²) in [4.78, 5) is 0. The van der Waals surface area contributed by atoms with Gasteiger partial charge in [0, 0.05) is 12.5 Å². The summed E-state index contributed by atoms with van der Waals surface area (Å²) in [6.45, 7) is 1.83. The summed E-state index contributed by atoms with van der Waals surface area (Å²) < 4.78 is 17.6. The Balaban J connectivity index is 2.37. The van der Waals surface area contributed by atoms with Crippen LogP contribution in [0.1, 0.15) is 13.3 Å². The fraction of sp³-hybridized carbons (Fsp3) is 0.400. The minimum absolute atomic E-state index is 0.158. The number of phenols is 1. The number of aromatic hydroxyl groups is 1. The van der Waals surface area contributed by atoms with Gasteiger partial charge in [0.05, 0.1) is 6.61 Å². The molecular weight excluding hydrogens is 171 g/mol. The molecule has 1 rings (SSSR count). The predicted octanol–water partition coefficient (Wildman–Crippen LogP) is 2.52. The van der Waals surface area contributed by atoms with Crippen LogP contribution in [-0.2, 0) is 0 Å². The van der Waals surface area contributed by atoms with Crippen molar-refractivity contribution in [3.05, 3.63) is 24.3 Å². The third kappa shape index (κ3) is 3.78. The van der Waals surface area contributed by atoms with Gasteiger partial charge < -0.3 is 9.84 Å². The molecule has 0 heterocycles. The number of ether oxygens (including phenoxy) is 1. The van der Waals surface area contributed by atoms with Crippen LogP contribution >= 0.6 is 0 Å². The molecular formula is C10H13FO2. The maximum atomic E-state index is 12.4. The fourth-order valence-corrected chi connectivity index (χ4v) is 0.912. The zero-order chi connectivity index (χ0) is 9.68. The van der Waals surface area contributed by atoms with Gasteiger partial charge in [-0.1, -0.05) is 6.07 Å². The first-order valence-corrected chi connectivity index (χ1v) is 4.24. The molecule has 0 bridgehead atoms. The Hall–Kier alpha value is -1.25. The quantitative estimate of drug-likeness (QED) is 0.779. The lowest BCUT2D eigenvalue weighted by molar-refractivity contribution is 0.246. The maximum absolute atomic E-state index is 12.4. The summed E-state index contributed by atoms with van der Waals surface area (Å²) in [6.07, 6.45) is -0.479. The van der Waals surface area contributed by atoms with E-state index < -0.39 is 6.17 Å². The number of hydrogen-bond acceptors (Lipinski definition) is 2. The van der Waals surface area contributed by atoms with E-state index in [4.69, 9.17) is 9.84 Å². The van der Waals surface area contributed by atoms with Crippen LogP contribution < -0.4 is 4.74 Å². The van der Waals surface area contributed by atoms with Gasteiger partial charge in [0.15, 0.2) is 0 Å². The van der Waals surface area contributed by atoms with Crippen LogP contribution in [0.4, 0.5) is 4.39 Å². The van der Waals surface area contributed by atoms with E-state index in [1.54, 1.807) is 18.2 Å². The molecule has 1 N–H and O–H groups in total. The molecule has 0 saturated heterocycles. The number of benzene rings is 1. The number of hydrogen-bond donors (Lipinski definition) is 1. The van der Waals surface area contributed by atoms with Crippen molar-refractivity contribution in [3.8, 4) is 11.5 Å². The molecule has 0 aliphatic heterocycles. The van der Waals surface area contributed by atoms with E-state index in [1.807, 2.05) is 0 Å². The SMILES string of the molecule is CC(F)CCOc1cccc(O)c1. The van der Waals surface area contributed by atoms with Gasteiger partial charge in [-0.2, -0.15) is 0 Å². The van der Waals surface area contributed by atoms with Crippen molar-refractivity contribution in [2.45, 2.75) is 19.5 Å². The number of alkyl halides is 1. The Bertz CT molecular complexity index is 261. The second-order valence-corrected chi connectivity index (χ2v) is 2.92. The van der Waals surface area contributed by atoms with E-state index in [9.17, 15) is 4.39 Å². The van der Waals surface area contributed by atoms with E-state index in [-0.39, 0.29) is 5.75 Å². The second kappa shape index (κ2) is 4.70. The van der Waals surface area contributed by atoms with Gasteiger partial charge in [-0.05, 0) is 19.1 Å². The van der Waals surface area contributed by atoms with Gasteiger partial charge >= 0.3 is 0 Å². The van der Waals surface area contributed by atoms with Gasteiger partial charge in [0.25, 0.3) is 0 Å². The fourth-order valence-electron chi connectivity index (χ4n) is 0.912. The largest absolute Gasteiger partial charge is 0.508 e. The molecule has 1 aromatic rings. The molecule has 0 aliphatic rings. The Kier molecular flexibility index (Phi) is 3.55. The van der Waals surface area contributed by atoms with Gasteiger partial charge in [-0.15, -0.1) is 0 Å². The van der Waals surface area contributed by atoms with Crippen LogP contribution in [0.2, 0.25) is 0 Å². The molecule has 0 aromatic heterocycles. The molecule has 2 nitrogen and oxygen atoms in total. The van der Waals surface area contributed by atoms with E-state index >= 15 is 0 Å². The van der Waals surface area contributed by atoms with Crippen molar-refractivity contribution in [2.75, 3.05) is 6.61 Å². The molecule has 0 saturated carbocycles. The van der Waals surface area contributed by atoms with Crippen LogP contribution in [0.5, 0.6) is 11.5 Å². The number of phenolic OH excluding ortho intramolecular Hbond substituents is 1. The predicted molar refractivity (Wildman–Crippen MR) is 48.8 cm³/mol. The summed E-state index contributed by atoms with van der Waals surface area (Å²) >= 11 is 0. The summed E-state index contributed by atoms with van der Waals surface area (Å²) in [5.41, 5.74) is 0. The molecule has 1 atom stereocenters. The van der Waals surface area contributed by atoms with Gasteiger partial charge in [0.2, 0.25) is 0 Å². The molecule has 1 aromatic carbocycles. The van der Waals surface area contributed by atoms with Crippen LogP contribution in [0.25, 0.3) is 0 Å². The number of rotatable bonds is 4. The molecule has 0 radical (unpaired) electrons. The molecule has 72 valence electrons. The third-order valence-electron chi connectivity index (χ3n) is 1.60. The van der Waals surface area contributed by atoms with Crippen molar-refractivity contribution in [1.82, 2.24) is 0 Å². The zero-order valence-corrected chi connectivity index (χ0v) is 7.53. The van der Waals surface area contributed by atoms with Crippen molar-refractivity contribution in [3.63, 3.8) is 0 Å². The first-order chi connectivity index (χ1) is 6.18. The number of halogens is 1. The average molecular weight is 184 g/mol. The molecule has 0 spiro atoms. The zero-order valence-electron chi connectivity index (χ0n) is 7.53. The van der Waals surface area contributed by atoms with Gasteiger partial charge in [0.1, 0.15) is 17.7 Å². The van der Waals surface area contributed by atoms with Crippen molar-refractivity contribution in [1.29, 1.82) is 0 Å². The molecule has 0 fully saturated rings. The summed E-state index contributed by atoms with van der Waals surface area (Å²) in [5.74, 6) is 0.728. The minimum atomic E-state index is -0.850. The topological polar surface area (TPSA) is 29.5 Å². The highest BCUT2D eigenvalue weighted by Crippen LogP contribution is 2.17. The standard InChI is InChI=1S/C10H13FO2/c1-8(11)5-6-13-10-4-2-3-9(12)7-10/h2-4,7-8,12H,5-6H2,1H3. The van der Waals surface area contributed by atoms with Crippen molar-refractivity contribution in [2.24, 2.45) is 0 Å². The van der Waals surface area contributed by atoms with E-state index in [0.717, 1.165) is 0 Å². The van der Waals surface area contributed by atoms with Crippen molar-refractivity contribution < 1.29 is 14.2 Å². The summed E-state index contributed by atoms with van der Waals surface area (Å²) in [6, 6.07) is 6.47. The minimum Gasteiger partial charge on any atom is -0.508 e. The van der Waals surface area contributed by atoms with Crippen molar-refractivity contribution >= 4 is 0 Å².